The highest BCUT2D eigenvalue weighted by Crippen LogP contribution is 2.27. The van der Waals surface area contributed by atoms with Gasteiger partial charge in [0.2, 0.25) is 0 Å². The van der Waals surface area contributed by atoms with Crippen LogP contribution in [0.15, 0.2) is 0 Å². The van der Waals surface area contributed by atoms with Gasteiger partial charge in [0.05, 0.1) is 6.54 Å². The Labute approximate surface area is 72.7 Å². The zero-order valence-electron chi connectivity index (χ0n) is 7.45. The molecule has 12 heavy (non-hydrogen) atoms. The van der Waals surface area contributed by atoms with Crippen LogP contribution in [0, 0.1) is 0 Å². The van der Waals surface area contributed by atoms with Gasteiger partial charge in [0.25, 0.3) is 0 Å². The largest absolute Gasteiger partial charge is 0.460 e. The van der Waals surface area contributed by atoms with Crippen LogP contribution in [0.5, 0.6) is 0 Å². The molecule has 3 heteroatoms. The van der Waals surface area contributed by atoms with Crippen molar-refractivity contribution in [3.63, 3.8) is 0 Å². The molecule has 0 spiro atoms. The zero-order chi connectivity index (χ0) is 8.55. The highest BCUT2D eigenvalue weighted by atomic mass is 16.5. The number of fused-ring (bicyclic) bond motifs is 1. The summed E-state index contributed by atoms with van der Waals surface area (Å²) in [4.78, 5) is 13.2. The molecule has 2 atom stereocenters. The Kier molecular flexibility index (Phi) is 2.05. The number of carbonyl (C=O) groups is 1. The Morgan fingerprint density at radius 1 is 1.42 bits per heavy atom. The van der Waals surface area contributed by atoms with E-state index in [0.29, 0.717) is 12.6 Å². The van der Waals surface area contributed by atoms with Crippen molar-refractivity contribution in [2.75, 3.05) is 13.6 Å². The second-order valence-electron chi connectivity index (χ2n) is 3.80. The summed E-state index contributed by atoms with van der Waals surface area (Å²) in [5.41, 5.74) is 0. The van der Waals surface area contributed by atoms with E-state index >= 15 is 0 Å². The first-order valence-corrected chi connectivity index (χ1v) is 4.67. The van der Waals surface area contributed by atoms with Gasteiger partial charge in [-0.3, -0.25) is 9.69 Å². The second kappa shape index (κ2) is 3.05. The monoisotopic (exact) mass is 169 g/mol. The third-order valence-corrected chi connectivity index (χ3v) is 2.90. The summed E-state index contributed by atoms with van der Waals surface area (Å²) in [6.45, 7) is 0.473. The SMILES string of the molecule is CN1CC(=O)OC2CCCCC21. The first-order chi connectivity index (χ1) is 5.77. The van der Waals surface area contributed by atoms with E-state index in [1.165, 1.54) is 19.3 Å². The van der Waals surface area contributed by atoms with Crippen molar-refractivity contribution in [2.45, 2.75) is 37.8 Å². The first-order valence-electron chi connectivity index (χ1n) is 4.67. The van der Waals surface area contributed by atoms with Crippen LogP contribution in [-0.4, -0.2) is 36.6 Å². The Bertz CT molecular complexity index is 193. The van der Waals surface area contributed by atoms with Gasteiger partial charge in [-0.2, -0.15) is 0 Å². The average Bonchev–Trinajstić information content (AvgIpc) is 2.04. The molecule has 1 aliphatic carbocycles. The van der Waals surface area contributed by atoms with Crippen LogP contribution >= 0.6 is 0 Å². The maximum absolute atomic E-state index is 11.1. The van der Waals surface area contributed by atoms with Crippen molar-refractivity contribution in [3.8, 4) is 0 Å². The second-order valence-corrected chi connectivity index (χ2v) is 3.80. The normalized spacial score (nSPS) is 37.2. The van der Waals surface area contributed by atoms with Gasteiger partial charge in [-0.25, -0.2) is 0 Å². The van der Waals surface area contributed by atoms with Crippen molar-refractivity contribution in [2.24, 2.45) is 0 Å². The molecule has 0 bridgehead atoms. The average molecular weight is 169 g/mol. The van der Waals surface area contributed by atoms with Crippen molar-refractivity contribution in [1.29, 1.82) is 0 Å². The summed E-state index contributed by atoms with van der Waals surface area (Å²) in [6.07, 6.45) is 4.92. The molecular weight excluding hydrogens is 154 g/mol. The van der Waals surface area contributed by atoms with E-state index < -0.39 is 0 Å². The molecule has 68 valence electrons. The molecular formula is C9H15NO2. The number of carbonyl (C=O) groups excluding carboxylic acids is 1. The molecule has 0 aromatic carbocycles. The number of hydrogen-bond donors (Lipinski definition) is 0. The predicted molar refractivity (Wildman–Crippen MR) is 44.8 cm³/mol. The van der Waals surface area contributed by atoms with Crippen molar-refractivity contribution >= 4 is 5.97 Å². The van der Waals surface area contributed by atoms with E-state index in [1.54, 1.807) is 0 Å². The predicted octanol–water partition coefficient (Wildman–Crippen LogP) is 0.786. The Morgan fingerprint density at radius 2 is 2.17 bits per heavy atom. The summed E-state index contributed by atoms with van der Waals surface area (Å²) in [7, 11) is 2.02. The lowest BCUT2D eigenvalue weighted by Gasteiger charge is -2.40. The lowest BCUT2D eigenvalue weighted by atomic mass is 9.90. The van der Waals surface area contributed by atoms with Crippen LogP contribution in [0.2, 0.25) is 0 Å². The number of esters is 1. The molecule has 0 radical (unpaired) electrons. The Morgan fingerprint density at radius 3 is 3.00 bits per heavy atom. The standard InChI is InChI=1S/C9H15NO2/c1-10-6-9(11)12-8-5-3-2-4-7(8)10/h7-8H,2-6H2,1H3. The minimum atomic E-state index is -0.0550. The number of likely N-dealkylation sites (N-methyl/N-ethyl adjacent to an activating group) is 1. The number of nitrogens with zero attached hydrogens (tertiary/aromatic N) is 1. The van der Waals surface area contributed by atoms with Crippen molar-refractivity contribution in [3.05, 3.63) is 0 Å². The van der Waals surface area contributed by atoms with Gasteiger partial charge in [-0.1, -0.05) is 6.42 Å². The molecule has 2 rings (SSSR count). The summed E-state index contributed by atoms with van der Waals surface area (Å²) in [5, 5.41) is 0. The van der Waals surface area contributed by atoms with E-state index in [2.05, 4.69) is 4.90 Å². The van der Waals surface area contributed by atoms with E-state index in [1.807, 2.05) is 7.05 Å². The molecule has 3 nitrogen and oxygen atoms in total. The van der Waals surface area contributed by atoms with Gasteiger partial charge in [-0.05, 0) is 26.3 Å². The van der Waals surface area contributed by atoms with Crippen molar-refractivity contribution in [1.82, 2.24) is 4.90 Å². The van der Waals surface area contributed by atoms with Gasteiger partial charge in [0.15, 0.2) is 0 Å². The summed E-state index contributed by atoms with van der Waals surface area (Å²) in [6, 6.07) is 0.497. The van der Waals surface area contributed by atoms with E-state index in [4.69, 9.17) is 4.74 Å². The topological polar surface area (TPSA) is 29.5 Å². The highest BCUT2D eigenvalue weighted by molar-refractivity contribution is 5.72. The van der Waals surface area contributed by atoms with Crippen LogP contribution in [0.25, 0.3) is 0 Å². The molecule has 0 aromatic heterocycles. The fourth-order valence-corrected chi connectivity index (χ4v) is 2.25. The van der Waals surface area contributed by atoms with Gasteiger partial charge in [0.1, 0.15) is 6.10 Å². The molecule has 1 saturated carbocycles. The van der Waals surface area contributed by atoms with E-state index in [0.717, 1.165) is 6.42 Å². The maximum atomic E-state index is 11.1. The third-order valence-electron chi connectivity index (χ3n) is 2.90. The Hall–Kier alpha value is -0.570. The van der Waals surface area contributed by atoms with Gasteiger partial charge in [-0.15, -0.1) is 0 Å². The first kappa shape index (κ1) is 8.05. The number of hydrogen-bond acceptors (Lipinski definition) is 3. The third kappa shape index (κ3) is 1.33. The Balaban J connectivity index is 2.06. The molecule has 1 saturated heterocycles. The minimum absolute atomic E-state index is 0.0550. The van der Waals surface area contributed by atoms with Crippen LogP contribution < -0.4 is 0 Å². The van der Waals surface area contributed by atoms with Crippen LogP contribution in [0.3, 0.4) is 0 Å². The quantitative estimate of drug-likeness (QED) is 0.502. The van der Waals surface area contributed by atoms with Crippen LogP contribution in [-0.2, 0) is 9.53 Å². The lowest BCUT2D eigenvalue weighted by Crippen LogP contribution is -2.52. The molecule has 0 aromatic rings. The van der Waals surface area contributed by atoms with Crippen LogP contribution in [0.1, 0.15) is 25.7 Å². The zero-order valence-corrected chi connectivity index (χ0v) is 7.45. The lowest BCUT2D eigenvalue weighted by molar-refractivity contribution is -0.166. The number of morpholine rings is 1. The fraction of sp³-hybridized carbons (Fsp3) is 0.889. The number of ether oxygens (including phenoxy) is 1. The molecule has 2 aliphatic rings. The summed E-state index contributed by atoms with van der Waals surface area (Å²) < 4.78 is 5.28. The number of rotatable bonds is 0. The molecule has 0 amide bonds. The van der Waals surface area contributed by atoms with E-state index in [-0.39, 0.29) is 12.1 Å². The van der Waals surface area contributed by atoms with Gasteiger partial charge < -0.3 is 4.74 Å². The smallest absolute Gasteiger partial charge is 0.320 e. The van der Waals surface area contributed by atoms with Crippen molar-refractivity contribution < 1.29 is 9.53 Å². The van der Waals surface area contributed by atoms with Gasteiger partial charge >= 0.3 is 5.97 Å². The molecule has 2 fully saturated rings. The van der Waals surface area contributed by atoms with E-state index in [9.17, 15) is 4.79 Å². The molecule has 2 unspecified atom stereocenters. The molecule has 1 aliphatic heterocycles. The summed E-state index contributed by atoms with van der Waals surface area (Å²) >= 11 is 0. The highest BCUT2D eigenvalue weighted by Gasteiger charge is 2.35. The molecule has 0 N–H and O–H groups in total. The molecule has 1 heterocycles. The maximum Gasteiger partial charge on any atom is 0.320 e. The minimum Gasteiger partial charge on any atom is -0.460 e. The summed E-state index contributed by atoms with van der Waals surface area (Å²) in [5.74, 6) is -0.0550. The van der Waals surface area contributed by atoms with Gasteiger partial charge in [0, 0.05) is 6.04 Å². The van der Waals surface area contributed by atoms with Crippen LogP contribution in [0.4, 0.5) is 0 Å². The fourth-order valence-electron chi connectivity index (χ4n) is 2.25.